The van der Waals surface area contributed by atoms with Gasteiger partial charge in [0, 0.05) is 0 Å². The van der Waals surface area contributed by atoms with E-state index in [1.165, 1.54) is 17.4 Å². The summed E-state index contributed by atoms with van der Waals surface area (Å²) in [4.78, 5) is 14.0. The molecule has 0 N–H and O–H groups in total. The van der Waals surface area contributed by atoms with Crippen LogP contribution < -0.4 is 0 Å². The maximum Gasteiger partial charge on any atom is 0.240 e. The number of thiophene rings is 1. The molecular formula is C7H4ClNOS. The van der Waals surface area contributed by atoms with Crippen LogP contribution in [-0.4, -0.2) is 6.08 Å². The lowest BCUT2D eigenvalue weighted by Crippen LogP contribution is -1.67. The van der Waals surface area contributed by atoms with Gasteiger partial charge >= 0.3 is 0 Å². The van der Waals surface area contributed by atoms with Crippen molar-refractivity contribution in [3.8, 4) is 0 Å². The van der Waals surface area contributed by atoms with Crippen LogP contribution in [0.25, 0.3) is 5.70 Å². The van der Waals surface area contributed by atoms with Gasteiger partial charge in [-0.25, -0.2) is 4.79 Å². The van der Waals surface area contributed by atoms with Crippen LogP contribution >= 0.6 is 22.9 Å². The van der Waals surface area contributed by atoms with Crippen molar-refractivity contribution in [1.29, 1.82) is 0 Å². The first-order valence-electron chi connectivity index (χ1n) is 2.76. The molecule has 0 radical (unpaired) electrons. The molecule has 0 aliphatic carbocycles. The standard InChI is InChI=1S/C7H4ClNOS/c1-5(9-4-10)6-2-3-7(8)11-6/h2-3H,1H2. The van der Waals surface area contributed by atoms with Gasteiger partial charge in [0.15, 0.2) is 0 Å². The van der Waals surface area contributed by atoms with Gasteiger partial charge in [0.05, 0.1) is 14.9 Å². The molecule has 0 bridgehead atoms. The molecule has 1 heterocycles. The lowest BCUT2D eigenvalue weighted by molar-refractivity contribution is 0.565. The van der Waals surface area contributed by atoms with E-state index >= 15 is 0 Å². The number of aliphatic imine (C=N–C) groups is 1. The van der Waals surface area contributed by atoms with E-state index < -0.39 is 0 Å². The summed E-state index contributed by atoms with van der Waals surface area (Å²) in [7, 11) is 0. The second-order valence-electron chi connectivity index (χ2n) is 1.75. The number of carbonyl (C=O) groups excluding carboxylic acids is 1. The van der Waals surface area contributed by atoms with Gasteiger partial charge in [-0.2, -0.15) is 4.99 Å². The predicted octanol–water partition coefficient (Wildman–Crippen LogP) is 2.71. The Hall–Kier alpha value is -0.890. The number of isocyanates is 1. The lowest BCUT2D eigenvalue weighted by Gasteiger charge is -1.87. The highest BCUT2D eigenvalue weighted by Gasteiger charge is 1.99. The molecule has 1 aromatic rings. The van der Waals surface area contributed by atoms with Gasteiger partial charge in [-0.15, -0.1) is 11.3 Å². The van der Waals surface area contributed by atoms with Gasteiger partial charge in [0.25, 0.3) is 0 Å². The van der Waals surface area contributed by atoms with Crippen molar-refractivity contribution in [3.63, 3.8) is 0 Å². The second kappa shape index (κ2) is 3.49. The first kappa shape index (κ1) is 8.21. The summed E-state index contributed by atoms with van der Waals surface area (Å²) >= 11 is 6.97. The number of hydrogen-bond acceptors (Lipinski definition) is 3. The summed E-state index contributed by atoms with van der Waals surface area (Å²) in [5.41, 5.74) is 0.400. The Morgan fingerprint density at radius 1 is 1.73 bits per heavy atom. The van der Waals surface area contributed by atoms with Crippen LogP contribution in [0.5, 0.6) is 0 Å². The van der Waals surface area contributed by atoms with Crippen LogP contribution in [0.3, 0.4) is 0 Å². The largest absolute Gasteiger partial charge is 0.240 e. The van der Waals surface area contributed by atoms with Crippen LogP contribution in [0.4, 0.5) is 0 Å². The molecule has 0 amide bonds. The molecule has 56 valence electrons. The zero-order chi connectivity index (χ0) is 8.27. The molecule has 11 heavy (non-hydrogen) atoms. The summed E-state index contributed by atoms with van der Waals surface area (Å²) in [5, 5.41) is 0. The Bertz CT molecular complexity index is 325. The molecule has 1 aromatic heterocycles. The molecule has 0 unspecified atom stereocenters. The normalized spacial score (nSPS) is 8.82. The van der Waals surface area contributed by atoms with Crippen LogP contribution in [0, 0.1) is 0 Å². The fraction of sp³-hybridized carbons (Fsp3) is 0. The van der Waals surface area contributed by atoms with E-state index in [1.807, 2.05) is 0 Å². The summed E-state index contributed by atoms with van der Waals surface area (Å²) < 4.78 is 0.655. The molecule has 0 atom stereocenters. The third-order valence-electron chi connectivity index (χ3n) is 1.04. The van der Waals surface area contributed by atoms with Gasteiger partial charge in [0.2, 0.25) is 6.08 Å². The van der Waals surface area contributed by atoms with Crippen LogP contribution in [0.1, 0.15) is 4.88 Å². The van der Waals surface area contributed by atoms with Crippen molar-refractivity contribution in [1.82, 2.24) is 0 Å². The van der Waals surface area contributed by atoms with E-state index in [0.717, 1.165) is 4.88 Å². The molecule has 1 rings (SSSR count). The topological polar surface area (TPSA) is 29.4 Å². The van der Waals surface area contributed by atoms with E-state index in [0.29, 0.717) is 10.0 Å². The first-order chi connectivity index (χ1) is 5.24. The highest BCUT2D eigenvalue weighted by atomic mass is 35.5. The van der Waals surface area contributed by atoms with Crippen molar-refractivity contribution in [3.05, 3.63) is 27.9 Å². The molecule has 0 aliphatic heterocycles. The number of halogens is 1. The molecular weight excluding hydrogens is 182 g/mol. The monoisotopic (exact) mass is 185 g/mol. The number of hydrogen-bond donors (Lipinski definition) is 0. The molecule has 4 heteroatoms. The van der Waals surface area contributed by atoms with E-state index in [4.69, 9.17) is 11.6 Å². The van der Waals surface area contributed by atoms with Gasteiger partial charge in [0.1, 0.15) is 0 Å². The molecule has 0 saturated heterocycles. The average Bonchev–Trinajstić information content (AvgIpc) is 2.36. The van der Waals surface area contributed by atoms with Crippen LogP contribution in [-0.2, 0) is 4.79 Å². The van der Waals surface area contributed by atoms with Crippen molar-refractivity contribution in [2.24, 2.45) is 4.99 Å². The van der Waals surface area contributed by atoms with Gasteiger partial charge in [-0.1, -0.05) is 18.2 Å². The SMILES string of the molecule is C=C(N=C=O)c1ccc(Cl)s1. The Kier molecular flexibility index (Phi) is 2.60. The summed E-state index contributed by atoms with van der Waals surface area (Å²) in [6, 6.07) is 3.49. The average molecular weight is 186 g/mol. The first-order valence-corrected chi connectivity index (χ1v) is 3.96. The summed E-state index contributed by atoms with van der Waals surface area (Å²) in [5.74, 6) is 0. The minimum Gasteiger partial charge on any atom is -0.211 e. The molecule has 2 nitrogen and oxygen atoms in total. The third kappa shape index (κ3) is 2.02. The summed E-state index contributed by atoms with van der Waals surface area (Å²) in [6.45, 7) is 3.55. The summed E-state index contributed by atoms with van der Waals surface area (Å²) in [6.07, 6.45) is 1.41. The number of nitrogens with zero attached hydrogens (tertiary/aromatic N) is 1. The maximum atomic E-state index is 9.81. The molecule has 0 saturated carbocycles. The minimum atomic E-state index is 0.400. The molecule has 0 aliphatic rings. The van der Waals surface area contributed by atoms with Crippen LogP contribution in [0.2, 0.25) is 4.34 Å². The van der Waals surface area contributed by atoms with Crippen molar-refractivity contribution in [2.75, 3.05) is 0 Å². The van der Waals surface area contributed by atoms with E-state index in [2.05, 4.69) is 11.6 Å². The molecule has 0 aromatic carbocycles. The van der Waals surface area contributed by atoms with E-state index in [-0.39, 0.29) is 0 Å². The Labute approximate surface area is 72.8 Å². The zero-order valence-corrected chi connectivity index (χ0v) is 7.08. The molecule has 0 spiro atoms. The second-order valence-corrected chi connectivity index (χ2v) is 3.47. The zero-order valence-electron chi connectivity index (χ0n) is 5.50. The predicted molar refractivity (Wildman–Crippen MR) is 46.5 cm³/mol. The Balaban J connectivity index is 2.93. The van der Waals surface area contributed by atoms with Gasteiger partial charge in [-0.3, -0.25) is 0 Å². The van der Waals surface area contributed by atoms with E-state index in [1.54, 1.807) is 12.1 Å². The Morgan fingerprint density at radius 2 is 2.45 bits per heavy atom. The number of rotatable bonds is 2. The fourth-order valence-electron chi connectivity index (χ4n) is 0.580. The fourth-order valence-corrected chi connectivity index (χ4v) is 1.54. The molecule has 0 fully saturated rings. The van der Waals surface area contributed by atoms with E-state index in [9.17, 15) is 4.79 Å². The highest BCUT2D eigenvalue weighted by Crippen LogP contribution is 2.26. The third-order valence-corrected chi connectivity index (χ3v) is 2.32. The van der Waals surface area contributed by atoms with Crippen molar-refractivity contribution in [2.45, 2.75) is 0 Å². The smallest absolute Gasteiger partial charge is 0.211 e. The maximum absolute atomic E-state index is 9.81. The highest BCUT2D eigenvalue weighted by molar-refractivity contribution is 7.17. The lowest BCUT2D eigenvalue weighted by atomic mass is 10.4. The quantitative estimate of drug-likeness (QED) is 0.515. The van der Waals surface area contributed by atoms with Gasteiger partial charge in [-0.05, 0) is 12.1 Å². The van der Waals surface area contributed by atoms with Crippen LogP contribution in [0.15, 0.2) is 23.7 Å². The minimum absolute atomic E-state index is 0.400. The van der Waals surface area contributed by atoms with Crippen molar-refractivity contribution < 1.29 is 4.79 Å². The van der Waals surface area contributed by atoms with Crippen molar-refractivity contribution >= 4 is 34.7 Å². The Morgan fingerprint density at radius 3 is 2.91 bits per heavy atom. The van der Waals surface area contributed by atoms with Gasteiger partial charge < -0.3 is 0 Å².